The largest absolute Gasteiger partial charge is 0.496 e. The van der Waals surface area contributed by atoms with Crippen LogP contribution >= 0.6 is 0 Å². The van der Waals surface area contributed by atoms with Crippen LogP contribution in [0.25, 0.3) is 6.08 Å². The first kappa shape index (κ1) is 11.0. The Balaban J connectivity index is 3.02. The minimum atomic E-state index is 0.361. The Morgan fingerprint density at radius 3 is 2.93 bits per heavy atom. The van der Waals surface area contributed by atoms with Gasteiger partial charge < -0.3 is 9.53 Å². The molecule has 0 saturated carbocycles. The second-order valence-corrected chi connectivity index (χ2v) is 2.87. The maximum absolute atomic E-state index is 10.1. The summed E-state index contributed by atoms with van der Waals surface area (Å²) in [5.41, 5.74) is 1.37. The van der Waals surface area contributed by atoms with Crippen molar-refractivity contribution >= 4 is 12.4 Å². The van der Waals surface area contributed by atoms with E-state index < -0.39 is 0 Å². The normalized spacial score (nSPS) is 9.87. The summed E-state index contributed by atoms with van der Waals surface area (Å²) in [6.45, 7) is 0. The Hall–Kier alpha value is -2.08. The van der Waals surface area contributed by atoms with Crippen LogP contribution < -0.4 is 4.74 Å². The van der Waals surface area contributed by atoms with Crippen LogP contribution in [-0.4, -0.2) is 13.4 Å². The minimum absolute atomic E-state index is 0.361. The fourth-order valence-corrected chi connectivity index (χ4v) is 1.18. The van der Waals surface area contributed by atoms with Crippen LogP contribution in [0.4, 0.5) is 0 Å². The molecule has 0 aliphatic heterocycles. The van der Waals surface area contributed by atoms with Crippen LogP contribution in [0.5, 0.6) is 5.75 Å². The van der Waals surface area contributed by atoms with Crippen LogP contribution in [0, 0.1) is 11.3 Å². The van der Waals surface area contributed by atoms with Gasteiger partial charge >= 0.3 is 0 Å². The predicted molar refractivity (Wildman–Crippen MR) is 57.4 cm³/mol. The number of nitriles is 1. The standard InChI is InChI=1S/C12H11NO2/c1-15-12-6-5-10(9-13)8-11(12)4-2-3-7-14/h2,4-8H,3H2,1H3. The molecule has 0 aliphatic carbocycles. The van der Waals surface area contributed by atoms with Crippen LogP contribution in [0.3, 0.4) is 0 Å². The van der Waals surface area contributed by atoms with E-state index in [4.69, 9.17) is 10.00 Å². The molecule has 0 spiro atoms. The molecule has 0 N–H and O–H groups in total. The molecule has 0 fully saturated rings. The molecule has 3 heteroatoms. The van der Waals surface area contributed by atoms with E-state index in [1.54, 1.807) is 37.5 Å². The first-order valence-electron chi connectivity index (χ1n) is 4.50. The van der Waals surface area contributed by atoms with E-state index in [-0.39, 0.29) is 0 Å². The molecule has 15 heavy (non-hydrogen) atoms. The molecule has 0 aromatic heterocycles. The molecule has 0 heterocycles. The van der Waals surface area contributed by atoms with Crippen LogP contribution in [0.1, 0.15) is 17.5 Å². The number of hydrogen-bond acceptors (Lipinski definition) is 3. The monoisotopic (exact) mass is 201 g/mol. The number of carbonyl (C=O) groups excluding carboxylic acids is 1. The topological polar surface area (TPSA) is 50.1 Å². The number of hydrogen-bond donors (Lipinski definition) is 0. The number of ether oxygens (including phenoxy) is 1. The number of benzene rings is 1. The Kier molecular flexibility index (Phi) is 4.11. The minimum Gasteiger partial charge on any atom is -0.496 e. The summed E-state index contributed by atoms with van der Waals surface area (Å²) < 4.78 is 5.13. The Morgan fingerprint density at radius 2 is 2.33 bits per heavy atom. The van der Waals surface area contributed by atoms with E-state index in [1.807, 2.05) is 0 Å². The zero-order chi connectivity index (χ0) is 11.1. The fraction of sp³-hybridized carbons (Fsp3) is 0.167. The SMILES string of the molecule is COc1ccc(C#N)cc1C=CCC=O. The van der Waals surface area contributed by atoms with Gasteiger partial charge in [0.25, 0.3) is 0 Å². The number of aldehydes is 1. The van der Waals surface area contributed by atoms with Crippen molar-refractivity contribution < 1.29 is 9.53 Å². The third kappa shape index (κ3) is 2.96. The lowest BCUT2D eigenvalue weighted by Gasteiger charge is -2.04. The van der Waals surface area contributed by atoms with Crippen LogP contribution in [-0.2, 0) is 4.79 Å². The number of rotatable bonds is 4. The Labute approximate surface area is 88.6 Å². The average molecular weight is 201 g/mol. The van der Waals surface area contributed by atoms with Gasteiger partial charge in [0.15, 0.2) is 0 Å². The molecule has 1 rings (SSSR count). The third-order valence-corrected chi connectivity index (χ3v) is 1.89. The Bertz CT molecular complexity index is 416. The van der Waals surface area contributed by atoms with Gasteiger partial charge in [-0.15, -0.1) is 0 Å². The summed E-state index contributed by atoms with van der Waals surface area (Å²) in [6.07, 6.45) is 4.68. The molecular weight excluding hydrogens is 190 g/mol. The summed E-state index contributed by atoms with van der Waals surface area (Å²) in [4.78, 5) is 10.1. The molecule has 0 amide bonds. The molecular formula is C12H11NO2. The van der Waals surface area contributed by atoms with Gasteiger partial charge in [-0.2, -0.15) is 5.26 Å². The summed E-state index contributed by atoms with van der Waals surface area (Å²) in [6, 6.07) is 7.20. The summed E-state index contributed by atoms with van der Waals surface area (Å²) in [5.74, 6) is 0.691. The number of carbonyl (C=O) groups is 1. The first-order chi connectivity index (χ1) is 7.31. The second kappa shape index (κ2) is 5.61. The quantitative estimate of drug-likeness (QED) is 0.701. The van der Waals surface area contributed by atoms with Crippen molar-refractivity contribution in [3.8, 4) is 11.8 Å². The molecule has 1 aromatic rings. The highest BCUT2D eigenvalue weighted by Gasteiger charge is 2.00. The van der Waals surface area contributed by atoms with E-state index in [2.05, 4.69) is 6.07 Å². The fourth-order valence-electron chi connectivity index (χ4n) is 1.18. The molecule has 0 unspecified atom stereocenters. The highest BCUT2D eigenvalue weighted by atomic mass is 16.5. The zero-order valence-corrected chi connectivity index (χ0v) is 8.43. The van der Waals surface area contributed by atoms with Gasteiger partial charge in [-0.3, -0.25) is 0 Å². The Morgan fingerprint density at radius 1 is 1.53 bits per heavy atom. The van der Waals surface area contributed by atoms with Crippen LogP contribution in [0.15, 0.2) is 24.3 Å². The molecule has 3 nitrogen and oxygen atoms in total. The van der Waals surface area contributed by atoms with E-state index in [0.717, 1.165) is 11.8 Å². The van der Waals surface area contributed by atoms with E-state index >= 15 is 0 Å². The highest BCUT2D eigenvalue weighted by Crippen LogP contribution is 2.21. The molecule has 0 aliphatic rings. The summed E-state index contributed by atoms with van der Waals surface area (Å²) in [7, 11) is 1.57. The molecule has 76 valence electrons. The molecule has 1 aromatic carbocycles. The number of nitrogens with zero attached hydrogens (tertiary/aromatic N) is 1. The van der Waals surface area contributed by atoms with Crippen molar-refractivity contribution in [3.63, 3.8) is 0 Å². The van der Waals surface area contributed by atoms with Gasteiger partial charge in [-0.1, -0.05) is 12.2 Å². The number of methoxy groups -OCH3 is 1. The van der Waals surface area contributed by atoms with E-state index in [1.165, 1.54) is 0 Å². The van der Waals surface area contributed by atoms with Gasteiger partial charge in [-0.05, 0) is 18.2 Å². The second-order valence-electron chi connectivity index (χ2n) is 2.87. The van der Waals surface area contributed by atoms with Gasteiger partial charge in [0.2, 0.25) is 0 Å². The van der Waals surface area contributed by atoms with Crippen molar-refractivity contribution in [1.29, 1.82) is 5.26 Å². The van der Waals surface area contributed by atoms with Gasteiger partial charge in [0.1, 0.15) is 12.0 Å². The average Bonchev–Trinajstić information content (AvgIpc) is 2.29. The van der Waals surface area contributed by atoms with Crippen LogP contribution in [0.2, 0.25) is 0 Å². The predicted octanol–water partition coefficient (Wildman–Crippen LogP) is 2.17. The highest BCUT2D eigenvalue weighted by molar-refractivity contribution is 5.63. The van der Waals surface area contributed by atoms with Gasteiger partial charge in [-0.25, -0.2) is 0 Å². The maximum Gasteiger partial charge on any atom is 0.126 e. The van der Waals surface area contributed by atoms with Gasteiger partial charge in [0, 0.05) is 12.0 Å². The zero-order valence-electron chi connectivity index (χ0n) is 8.43. The van der Waals surface area contributed by atoms with E-state index in [0.29, 0.717) is 17.7 Å². The smallest absolute Gasteiger partial charge is 0.126 e. The van der Waals surface area contributed by atoms with Gasteiger partial charge in [0.05, 0.1) is 18.7 Å². The third-order valence-electron chi connectivity index (χ3n) is 1.89. The van der Waals surface area contributed by atoms with Crippen molar-refractivity contribution in [2.45, 2.75) is 6.42 Å². The lowest BCUT2D eigenvalue weighted by atomic mass is 10.1. The molecule has 0 atom stereocenters. The van der Waals surface area contributed by atoms with Crippen molar-refractivity contribution in [2.24, 2.45) is 0 Å². The lowest BCUT2D eigenvalue weighted by Crippen LogP contribution is -1.87. The van der Waals surface area contributed by atoms with E-state index in [9.17, 15) is 4.79 Å². The van der Waals surface area contributed by atoms with Crippen molar-refractivity contribution in [3.05, 3.63) is 35.4 Å². The molecule has 0 bridgehead atoms. The van der Waals surface area contributed by atoms with Crippen molar-refractivity contribution in [2.75, 3.05) is 7.11 Å². The molecule has 0 radical (unpaired) electrons. The summed E-state index contributed by atoms with van der Waals surface area (Å²) in [5, 5.41) is 8.73. The summed E-state index contributed by atoms with van der Waals surface area (Å²) >= 11 is 0. The number of allylic oxidation sites excluding steroid dienone is 1. The maximum atomic E-state index is 10.1. The van der Waals surface area contributed by atoms with Crippen molar-refractivity contribution in [1.82, 2.24) is 0 Å². The first-order valence-corrected chi connectivity index (χ1v) is 4.50. The molecule has 0 saturated heterocycles. The lowest BCUT2D eigenvalue weighted by molar-refractivity contribution is -0.107.